The lowest BCUT2D eigenvalue weighted by Gasteiger charge is -2.22. The minimum absolute atomic E-state index is 0.0531. The summed E-state index contributed by atoms with van der Waals surface area (Å²) in [5, 5.41) is 3.77. The minimum Gasteiger partial charge on any atom is -0.381 e. The Labute approximate surface area is 128 Å². The van der Waals surface area contributed by atoms with Gasteiger partial charge in [-0.05, 0) is 37.6 Å². The van der Waals surface area contributed by atoms with Crippen molar-refractivity contribution in [2.75, 3.05) is 16.8 Å². The lowest BCUT2D eigenvalue weighted by molar-refractivity contribution is 0.0987. The van der Waals surface area contributed by atoms with Crippen molar-refractivity contribution < 1.29 is 4.79 Å². The quantitative estimate of drug-likeness (QED) is 0.819. The Kier molecular flexibility index (Phi) is 3.80. The fourth-order valence-electron chi connectivity index (χ4n) is 2.51. The Morgan fingerprint density at radius 2 is 2.19 bits per heavy atom. The number of aromatic nitrogens is 1. The van der Waals surface area contributed by atoms with Crippen molar-refractivity contribution >= 4 is 28.9 Å². The molecule has 0 aliphatic carbocycles. The van der Waals surface area contributed by atoms with Crippen LogP contribution in [0.15, 0.2) is 42.6 Å². The van der Waals surface area contributed by atoms with Crippen LogP contribution in [0.25, 0.3) is 0 Å². The highest BCUT2D eigenvalue weighted by atomic mass is 35.5. The summed E-state index contributed by atoms with van der Waals surface area (Å²) in [4.78, 5) is 18.5. The highest BCUT2D eigenvalue weighted by molar-refractivity contribution is 6.29. The molecule has 0 spiro atoms. The van der Waals surface area contributed by atoms with E-state index < -0.39 is 0 Å². The summed E-state index contributed by atoms with van der Waals surface area (Å²) in [7, 11) is 0. The maximum Gasteiger partial charge on any atom is 0.258 e. The topological polar surface area (TPSA) is 45.2 Å². The number of carbonyl (C=O) groups is 1. The third kappa shape index (κ3) is 2.85. The maximum atomic E-state index is 12.8. The Morgan fingerprint density at radius 3 is 3.00 bits per heavy atom. The fraction of sp³-hybridized carbons (Fsp3) is 0.250. The van der Waals surface area contributed by atoms with Gasteiger partial charge in [-0.2, -0.15) is 0 Å². The molecule has 1 aliphatic heterocycles. The van der Waals surface area contributed by atoms with Crippen molar-refractivity contribution in [2.24, 2.45) is 0 Å². The lowest BCUT2D eigenvalue weighted by atomic mass is 10.2. The van der Waals surface area contributed by atoms with Gasteiger partial charge in [0, 0.05) is 24.3 Å². The number of halogens is 1. The van der Waals surface area contributed by atoms with Crippen molar-refractivity contribution in [1.82, 2.24) is 4.98 Å². The first-order valence-electron chi connectivity index (χ1n) is 6.94. The van der Waals surface area contributed by atoms with E-state index in [1.165, 1.54) is 0 Å². The first-order chi connectivity index (χ1) is 10.1. The molecule has 2 heterocycles. The summed E-state index contributed by atoms with van der Waals surface area (Å²) in [6.45, 7) is 2.79. The molecule has 1 amide bonds. The lowest BCUT2D eigenvalue weighted by Crippen LogP contribution is -2.32. The second-order valence-corrected chi connectivity index (χ2v) is 5.56. The van der Waals surface area contributed by atoms with Crippen LogP contribution in [-0.2, 0) is 0 Å². The summed E-state index contributed by atoms with van der Waals surface area (Å²) in [6, 6.07) is 11.5. The molecule has 0 saturated heterocycles. The highest BCUT2D eigenvalue weighted by Crippen LogP contribution is 2.31. The van der Waals surface area contributed by atoms with Crippen molar-refractivity contribution in [1.29, 1.82) is 0 Å². The number of carbonyl (C=O) groups excluding carboxylic acids is 1. The van der Waals surface area contributed by atoms with E-state index in [0.717, 1.165) is 17.8 Å². The van der Waals surface area contributed by atoms with Gasteiger partial charge < -0.3 is 10.2 Å². The number of anilines is 2. The second kappa shape index (κ2) is 5.74. The largest absolute Gasteiger partial charge is 0.381 e. The first kappa shape index (κ1) is 13.9. The first-order valence-corrected chi connectivity index (χ1v) is 7.32. The van der Waals surface area contributed by atoms with E-state index in [2.05, 4.69) is 17.2 Å². The molecule has 21 heavy (non-hydrogen) atoms. The van der Waals surface area contributed by atoms with Crippen LogP contribution in [0.4, 0.5) is 11.4 Å². The summed E-state index contributed by atoms with van der Waals surface area (Å²) in [5.41, 5.74) is 2.44. The molecular weight excluding hydrogens is 286 g/mol. The van der Waals surface area contributed by atoms with Crippen molar-refractivity contribution in [3.05, 3.63) is 53.3 Å². The number of hydrogen-bond donors (Lipinski definition) is 1. The van der Waals surface area contributed by atoms with Gasteiger partial charge in [0.15, 0.2) is 0 Å². The Bertz CT molecular complexity index is 674. The molecule has 0 fully saturated rings. The zero-order valence-corrected chi connectivity index (χ0v) is 12.5. The summed E-state index contributed by atoms with van der Waals surface area (Å²) in [6.07, 6.45) is 2.44. The van der Waals surface area contributed by atoms with E-state index in [1.807, 2.05) is 24.3 Å². The molecule has 4 nitrogen and oxygen atoms in total. The van der Waals surface area contributed by atoms with Crippen LogP contribution in [0.2, 0.25) is 5.15 Å². The van der Waals surface area contributed by atoms with Crippen LogP contribution >= 0.6 is 11.6 Å². The molecule has 1 aromatic carbocycles. The Morgan fingerprint density at radius 1 is 1.38 bits per heavy atom. The smallest absolute Gasteiger partial charge is 0.258 e. The number of benzene rings is 1. The molecule has 0 radical (unpaired) electrons. The predicted octanol–water partition coefficient (Wildman–Crippen LogP) is 3.59. The van der Waals surface area contributed by atoms with Crippen LogP contribution in [0, 0.1) is 0 Å². The van der Waals surface area contributed by atoms with Crippen LogP contribution in [0.1, 0.15) is 23.7 Å². The standard InChI is InChI=1S/C16H16ClN3O/c1-11-7-9-20(14-5-3-2-4-13(14)19-11)16(21)12-6-8-18-15(17)10-12/h2-6,8,10-11,19H,7,9H2,1H3/t11-/m1/s1. The van der Waals surface area contributed by atoms with E-state index >= 15 is 0 Å². The molecule has 5 heteroatoms. The number of para-hydroxylation sites is 2. The molecule has 0 bridgehead atoms. The van der Waals surface area contributed by atoms with E-state index in [-0.39, 0.29) is 5.91 Å². The second-order valence-electron chi connectivity index (χ2n) is 5.18. The van der Waals surface area contributed by atoms with Gasteiger partial charge >= 0.3 is 0 Å². The van der Waals surface area contributed by atoms with Gasteiger partial charge in [-0.15, -0.1) is 0 Å². The fourth-order valence-corrected chi connectivity index (χ4v) is 2.69. The summed E-state index contributed by atoms with van der Waals surface area (Å²) in [5.74, 6) is -0.0531. The average Bonchev–Trinajstić information content (AvgIpc) is 2.65. The van der Waals surface area contributed by atoms with Crippen LogP contribution in [0.3, 0.4) is 0 Å². The van der Waals surface area contributed by atoms with Gasteiger partial charge in [-0.1, -0.05) is 23.7 Å². The number of nitrogens with one attached hydrogen (secondary N) is 1. The van der Waals surface area contributed by atoms with E-state index in [0.29, 0.717) is 23.3 Å². The summed E-state index contributed by atoms with van der Waals surface area (Å²) < 4.78 is 0. The molecule has 2 aromatic rings. The Balaban J connectivity index is 2.00. The molecule has 1 aromatic heterocycles. The number of pyridine rings is 1. The summed E-state index contributed by atoms with van der Waals surface area (Å²) >= 11 is 5.89. The van der Waals surface area contributed by atoms with Crippen LogP contribution < -0.4 is 10.2 Å². The normalized spacial score (nSPS) is 17.6. The number of hydrogen-bond acceptors (Lipinski definition) is 3. The zero-order chi connectivity index (χ0) is 14.8. The molecular formula is C16H16ClN3O. The van der Waals surface area contributed by atoms with E-state index in [1.54, 1.807) is 23.2 Å². The maximum absolute atomic E-state index is 12.8. The van der Waals surface area contributed by atoms with Crippen molar-refractivity contribution in [3.8, 4) is 0 Å². The van der Waals surface area contributed by atoms with Gasteiger partial charge in [-0.3, -0.25) is 4.79 Å². The average molecular weight is 302 g/mol. The number of rotatable bonds is 1. The predicted molar refractivity (Wildman–Crippen MR) is 85.1 cm³/mol. The molecule has 0 saturated carbocycles. The van der Waals surface area contributed by atoms with Gasteiger partial charge in [0.05, 0.1) is 11.4 Å². The van der Waals surface area contributed by atoms with E-state index in [4.69, 9.17) is 11.6 Å². The number of fused-ring (bicyclic) bond motifs is 1. The van der Waals surface area contributed by atoms with Crippen LogP contribution in [0.5, 0.6) is 0 Å². The highest BCUT2D eigenvalue weighted by Gasteiger charge is 2.24. The number of amides is 1. The molecule has 1 aliphatic rings. The van der Waals surface area contributed by atoms with Crippen molar-refractivity contribution in [2.45, 2.75) is 19.4 Å². The van der Waals surface area contributed by atoms with Crippen molar-refractivity contribution in [3.63, 3.8) is 0 Å². The molecule has 3 rings (SSSR count). The zero-order valence-electron chi connectivity index (χ0n) is 11.7. The van der Waals surface area contributed by atoms with Gasteiger partial charge in [-0.25, -0.2) is 4.98 Å². The van der Waals surface area contributed by atoms with Gasteiger partial charge in [0.1, 0.15) is 5.15 Å². The minimum atomic E-state index is -0.0531. The van der Waals surface area contributed by atoms with Gasteiger partial charge in [0.2, 0.25) is 0 Å². The van der Waals surface area contributed by atoms with E-state index in [9.17, 15) is 4.79 Å². The monoisotopic (exact) mass is 301 g/mol. The molecule has 1 N–H and O–H groups in total. The SMILES string of the molecule is C[C@@H]1CCN(C(=O)c2ccnc(Cl)c2)c2ccccc2N1. The van der Waals surface area contributed by atoms with Crippen LogP contribution in [-0.4, -0.2) is 23.5 Å². The molecule has 1 atom stereocenters. The Hall–Kier alpha value is -2.07. The third-order valence-corrected chi connectivity index (χ3v) is 3.81. The molecule has 108 valence electrons. The number of nitrogens with zero attached hydrogens (tertiary/aromatic N) is 2. The third-order valence-electron chi connectivity index (χ3n) is 3.60. The van der Waals surface area contributed by atoms with Gasteiger partial charge in [0.25, 0.3) is 5.91 Å². The molecule has 0 unspecified atom stereocenters.